The molecule has 4 rings (SSSR count). The summed E-state index contributed by atoms with van der Waals surface area (Å²) in [6, 6.07) is 15.7. The molecule has 0 bridgehead atoms. The minimum absolute atomic E-state index is 0.0550. The monoisotopic (exact) mass is 409 g/mol. The van der Waals surface area contributed by atoms with E-state index in [0.29, 0.717) is 37.8 Å². The summed E-state index contributed by atoms with van der Waals surface area (Å²) in [7, 11) is 0. The summed E-state index contributed by atoms with van der Waals surface area (Å²) >= 11 is 0. The minimum Gasteiger partial charge on any atom is -0.494 e. The normalized spacial score (nSPS) is 17.9. The SMILES string of the molecule is CCOc1ccc(C2(CNC(=O)c3ccc(OCC4CC4)cc3)CCOCC2)cc1. The van der Waals surface area contributed by atoms with Crippen molar-refractivity contribution in [2.45, 2.75) is 38.0 Å². The molecule has 1 amide bonds. The van der Waals surface area contributed by atoms with Crippen LogP contribution in [0.25, 0.3) is 0 Å². The van der Waals surface area contributed by atoms with Crippen LogP contribution in [0.4, 0.5) is 0 Å². The second kappa shape index (κ2) is 9.52. The highest BCUT2D eigenvalue weighted by atomic mass is 16.5. The Morgan fingerprint density at radius 2 is 1.63 bits per heavy atom. The zero-order valence-corrected chi connectivity index (χ0v) is 17.7. The third-order valence-corrected chi connectivity index (χ3v) is 6.11. The fourth-order valence-corrected chi connectivity index (χ4v) is 3.95. The van der Waals surface area contributed by atoms with Crippen molar-refractivity contribution in [3.63, 3.8) is 0 Å². The van der Waals surface area contributed by atoms with E-state index in [4.69, 9.17) is 14.2 Å². The molecule has 2 aromatic rings. The molecule has 0 aromatic heterocycles. The first-order chi connectivity index (χ1) is 14.7. The van der Waals surface area contributed by atoms with Crippen molar-refractivity contribution in [3.05, 3.63) is 59.7 Å². The molecule has 5 heteroatoms. The second-order valence-corrected chi connectivity index (χ2v) is 8.31. The van der Waals surface area contributed by atoms with Crippen molar-refractivity contribution < 1.29 is 19.0 Å². The molecule has 0 unspecified atom stereocenters. The van der Waals surface area contributed by atoms with Crippen LogP contribution >= 0.6 is 0 Å². The molecule has 1 aliphatic heterocycles. The van der Waals surface area contributed by atoms with Crippen molar-refractivity contribution in [1.29, 1.82) is 0 Å². The maximum atomic E-state index is 12.8. The second-order valence-electron chi connectivity index (χ2n) is 8.31. The van der Waals surface area contributed by atoms with Crippen LogP contribution in [-0.2, 0) is 10.2 Å². The van der Waals surface area contributed by atoms with Gasteiger partial charge >= 0.3 is 0 Å². The Morgan fingerprint density at radius 3 is 2.27 bits per heavy atom. The van der Waals surface area contributed by atoms with E-state index < -0.39 is 0 Å². The van der Waals surface area contributed by atoms with E-state index in [1.807, 2.05) is 43.3 Å². The van der Waals surface area contributed by atoms with Crippen molar-refractivity contribution >= 4 is 5.91 Å². The van der Waals surface area contributed by atoms with Gasteiger partial charge in [-0.25, -0.2) is 0 Å². The van der Waals surface area contributed by atoms with Crippen LogP contribution in [0.1, 0.15) is 48.5 Å². The van der Waals surface area contributed by atoms with Gasteiger partial charge in [0.15, 0.2) is 0 Å². The van der Waals surface area contributed by atoms with Crippen LogP contribution < -0.4 is 14.8 Å². The highest BCUT2D eigenvalue weighted by Crippen LogP contribution is 2.35. The number of carbonyl (C=O) groups is 1. The smallest absolute Gasteiger partial charge is 0.251 e. The fraction of sp³-hybridized carbons (Fsp3) is 0.480. The molecule has 1 saturated heterocycles. The lowest BCUT2D eigenvalue weighted by Crippen LogP contribution is -2.44. The highest BCUT2D eigenvalue weighted by Gasteiger charge is 2.35. The van der Waals surface area contributed by atoms with Gasteiger partial charge in [-0.15, -0.1) is 0 Å². The molecule has 2 aromatic carbocycles. The van der Waals surface area contributed by atoms with Gasteiger partial charge in [0, 0.05) is 30.7 Å². The fourth-order valence-electron chi connectivity index (χ4n) is 3.95. The molecular weight excluding hydrogens is 378 g/mol. The largest absolute Gasteiger partial charge is 0.494 e. The summed E-state index contributed by atoms with van der Waals surface area (Å²) in [6.45, 7) is 5.40. The molecule has 1 saturated carbocycles. The molecule has 0 radical (unpaired) electrons. The van der Waals surface area contributed by atoms with Gasteiger partial charge in [0.05, 0.1) is 13.2 Å². The van der Waals surface area contributed by atoms with Crippen molar-refractivity contribution in [1.82, 2.24) is 5.32 Å². The van der Waals surface area contributed by atoms with E-state index in [-0.39, 0.29) is 11.3 Å². The number of nitrogens with one attached hydrogen (secondary N) is 1. The van der Waals surface area contributed by atoms with Crippen LogP contribution in [0.5, 0.6) is 11.5 Å². The predicted molar refractivity (Wildman–Crippen MR) is 116 cm³/mol. The zero-order valence-electron chi connectivity index (χ0n) is 17.7. The lowest BCUT2D eigenvalue weighted by molar-refractivity contribution is 0.0487. The van der Waals surface area contributed by atoms with Crippen molar-refractivity contribution in [2.24, 2.45) is 5.92 Å². The number of rotatable bonds is 9. The average molecular weight is 410 g/mol. The maximum Gasteiger partial charge on any atom is 0.251 e. The van der Waals surface area contributed by atoms with Crippen molar-refractivity contribution in [3.8, 4) is 11.5 Å². The molecule has 1 aliphatic carbocycles. The molecular formula is C25H31NO4. The third kappa shape index (κ3) is 5.14. The molecule has 5 nitrogen and oxygen atoms in total. The molecule has 0 atom stereocenters. The van der Waals surface area contributed by atoms with E-state index in [9.17, 15) is 4.79 Å². The van der Waals surface area contributed by atoms with Crippen LogP contribution in [0.15, 0.2) is 48.5 Å². The number of carbonyl (C=O) groups excluding carboxylic acids is 1. The Morgan fingerprint density at radius 1 is 1.00 bits per heavy atom. The van der Waals surface area contributed by atoms with E-state index in [1.165, 1.54) is 18.4 Å². The summed E-state index contributed by atoms with van der Waals surface area (Å²) in [5.74, 6) is 2.36. The zero-order chi connectivity index (χ0) is 20.8. The number of hydrogen-bond donors (Lipinski definition) is 1. The summed E-state index contributed by atoms with van der Waals surface area (Å²) < 4.78 is 16.9. The van der Waals surface area contributed by atoms with Crippen LogP contribution in [0.3, 0.4) is 0 Å². The van der Waals surface area contributed by atoms with Gasteiger partial charge in [-0.1, -0.05) is 12.1 Å². The molecule has 2 fully saturated rings. The van der Waals surface area contributed by atoms with E-state index in [1.54, 1.807) is 0 Å². The molecule has 1 heterocycles. The summed E-state index contributed by atoms with van der Waals surface area (Å²) in [4.78, 5) is 12.8. The molecule has 160 valence electrons. The Bertz CT molecular complexity index is 821. The Kier molecular flexibility index (Phi) is 6.58. The molecule has 30 heavy (non-hydrogen) atoms. The standard InChI is InChI=1S/C25H31NO4/c1-2-29-22-11-7-21(8-12-22)25(13-15-28-16-14-25)18-26-24(27)20-5-9-23(10-6-20)30-17-19-3-4-19/h5-12,19H,2-4,13-18H2,1H3,(H,26,27). The van der Waals surface area contributed by atoms with E-state index in [2.05, 4.69) is 17.4 Å². The van der Waals surface area contributed by atoms with Gasteiger partial charge in [-0.05, 0) is 80.5 Å². The van der Waals surface area contributed by atoms with Crippen LogP contribution in [0, 0.1) is 5.92 Å². The summed E-state index contributed by atoms with van der Waals surface area (Å²) in [5, 5.41) is 3.16. The number of hydrogen-bond acceptors (Lipinski definition) is 4. The summed E-state index contributed by atoms with van der Waals surface area (Å²) in [6.07, 6.45) is 4.30. The lowest BCUT2D eigenvalue weighted by Gasteiger charge is -2.38. The van der Waals surface area contributed by atoms with Gasteiger partial charge in [-0.3, -0.25) is 4.79 Å². The maximum absolute atomic E-state index is 12.8. The topological polar surface area (TPSA) is 56.8 Å². The highest BCUT2D eigenvalue weighted by molar-refractivity contribution is 5.94. The first-order valence-electron chi connectivity index (χ1n) is 11.0. The van der Waals surface area contributed by atoms with E-state index >= 15 is 0 Å². The minimum atomic E-state index is -0.119. The lowest BCUT2D eigenvalue weighted by atomic mass is 9.74. The first-order valence-corrected chi connectivity index (χ1v) is 11.0. The Labute approximate surface area is 178 Å². The van der Waals surface area contributed by atoms with Gasteiger partial charge in [0.25, 0.3) is 5.91 Å². The first kappa shape index (κ1) is 20.7. The van der Waals surface area contributed by atoms with Gasteiger partial charge in [0.2, 0.25) is 0 Å². The van der Waals surface area contributed by atoms with Crippen molar-refractivity contribution in [2.75, 3.05) is 33.0 Å². The molecule has 2 aliphatic rings. The Hall–Kier alpha value is -2.53. The number of amides is 1. The van der Waals surface area contributed by atoms with Crippen LogP contribution in [0.2, 0.25) is 0 Å². The third-order valence-electron chi connectivity index (χ3n) is 6.11. The van der Waals surface area contributed by atoms with Crippen LogP contribution in [-0.4, -0.2) is 38.9 Å². The predicted octanol–water partition coefficient (Wildman–Crippen LogP) is 4.35. The van der Waals surface area contributed by atoms with Gasteiger partial charge in [0.1, 0.15) is 11.5 Å². The number of ether oxygens (including phenoxy) is 3. The molecule has 1 N–H and O–H groups in total. The van der Waals surface area contributed by atoms with E-state index in [0.717, 1.165) is 30.9 Å². The number of benzene rings is 2. The van der Waals surface area contributed by atoms with Gasteiger partial charge < -0.3 is 19.5 Å². The average Bonchev–Trinajstić information content (AvgIpc) is 3.62. The Balaban J connectivity index is 1.39. The van der Waals surface area contributed by atoms with Gasteiger partial charge in [-0.2, -0.15) is 0 Å². The summed E-state index contributed by atoms with van der Waals surface area (Å²) in [5.41, 5.74) is 1.76. The molecule has 0 spiro atoms. The quantitative estimate of drug-likeness (QED) is 0.669.